The standard InChI is InChI=1S/C29H26N2O4S/c1-18-9-13-23(14-10-18)31-26(32)17-24(27(31)25-8-5-15-36-25)29(34)35-19(2)28(33)30-22-12-11-20-6-3-4-7-21(20)16-22/h3-16,19,24,27H,17H2,1-2H3,(H,30,33). The number of carbonyl (C=O) groups excluding carboxylic acids is 3. The summed E-state index contributed by atoms with van der Waals surface area (Å²) in [6, 6.07) is 24.5. The highest BCUT2D eigenvalue weighted by molar-refractivity contribution is 7.10. The summed E-state index contributed by atoms with van der Waals surface area (Å²) >= 11 is 1.49. The number of thiophene rings is 1. The summed E-state index contributed by atoms with van der Waals surface area (Å²) in [5.74, 6) is -1.84. The Hall–Kier alpha value is -3.97. The first-order valence-corrected chi connectivity index (χ1v) is 12.7. The number of ether oxygens (including phenoxy) is 1. The number of rotatable bonds is 6. The molecule has 1 aliphatic heterocycles. The van der Waals surface area contributed by atoms with Gasteiger partial charge >= 0.3 is 5.97 Å². The molecular formula is C29H26N2O4S. The molecule has 2 heterocycles. The second-order valence-electron chi connectivity index (χ2n) is 9.00. The third-order valence-corrected chi connectivity index (χ3v) is 7.39. The van der Waals surface area contributed by atoms with Gasteiger partial charge in [0, 0.05) is 22.7 Å². The molecule has 0 radical (unpaired) electrons. The highest BCUT2D eigenvalue weighted by Crippen LogP contribution is 2.43. The smallest absolute Gasteiger partial charge is 0.312 e. The van der Waals surface area contributed by atoms with Gasteiger partial charge in [-0.3, -0.25) is 14.4 Å². The maximum Gasteiger partial charge on any atom is 0.312 e. The quantitative estimate of drug-likeness (QED) is 0.337. The molecule has 0 bridgehead atoms. The molecule has 5 rings (SSSR count). The molecule has 1 N–H and O–H groups in total. The fourth-order valence-corrected chi connectivity index (χ4v) is 5.45. The van der Waals surface area contributed by atoms with Gasteiger partial charge in [0.15, 0.2) is 6.10 Å². The molecule has 1 aliphatic rings. The molecule has 2 amide bonds. The van der Waals surface area contributed by atoms with Crippen LogP contribution in [0.1, 0.15) is 29.8 Å². The lowest BCUT2D eigenvalue weighted by molar-refractivity contribution is -0.157. The number of carbonyl (C=O) groups is 3. The largest absolute Gasteiger partial charge is 0.452 e. The lowest BCUT2D eigenvalue weighted by Crippen LogP contribution is -2.34. The van der Waals surface area contributed by atoms with Crippen molar-refractivity contribution in [2.24, 2.45) is 5.92 Å². The number of nitrogens with zero attached hydrogens (tertiary/aromatic N) is 1. The number of amides is 2. The van der Waals surface area contributed by atoms with Gasteiger partial charge in [-0.05, 0) is 60.3 Å². The van der Waals surface area contributed by atoms with E-state index in [0.29, 0.717) is 5.69 Å². The van der Waals surface area contributed by atoms with Gasteiger partial charge in [0.05, 0.1) is 12.0 Å². The normalized spacial score (nSPS) is 18.3. The lowest BCUT2D eigenvalue weighted by Gasteiger charge is -2.27. The first-order chi connectivity index (χ1) is 17.4. The lowest BCUT2D eigenvalue weighted by atomic mass is 9.98. The molecule has 1 aromatic heterocycles. The Morgan fingerprint density at radius 1 is 1.00 bits per heavy atom. The molecular weight excluding hydrogens is 472 g/mol. The van der Waals surface area contributed by atoms with Crippen molar-refractivity contribution in [2.75, 3.05) is 10.2 Å². The van der Waals surface area contributed by atoms with Crippen LogP contribution in [0.5, 0.6) is 0 Å². The van der Waals surface area contributed by atoms with Gasteiger partial charge in [0.2, 0.25) is 5.91 Å². The molecule has 0 aliphatic carbocycles. The molecule has 0 spiro atoms. The molecule has 6 nitrogen and oxygen atoms in total. The Morgan fingerprint density at radius 2 is 1.75 bits per heavy atom. The zero-order valence-corrected chi connectivity index (χ0v) is 20.8. The zero-order chi connectivity index (χ0) is 25.2. The van der Waals surface area contributed by atoms with Crippen LogP contribution in [0.25, 0.3) is 10.8 Å². The van der Waals surface area contributed by atoms with Crippen LogP contribution < -0.4 is 10.2 Å². The highest BCUT2D eigenvalue weighted by Gasteiger charge is 2.47. The van der Waals surface area contributed by atoms with Crippen molar-refractivity contribution in [2.45, 2.75) is 32.4 Å². The predicted octanol–water partition coefficient (Wildman–Crippen LogP) is 5.87. The Kier molecular flexibility index (Phi) is 6.57. The summed E-state index contributed by atoms with van der Waals surface area (Å²) in [6.45, 7) is 3.53. The van der Waals surface area contributed by atoms with E-state index in [0.717, 1.165) is 26.9 Å². The third-order valence-electron chi connectivity index (χ3n) is 6.45. The number of anilines is 2. The summed E-state index contributed by atoms with van der Waals surface area (Å²) in [6.07, 6.45) is -0.995. The van der Waals surface area contributed by atoms with Gasteiger partial charge in [0.1, 0.15) is 0 Å². The third kappa shape index (κ3) is 4.75. The molecule has 7 heteroatoms. The Balaban J connectivity index is 1.32. The summed E-state index contributed by atoms with van der Waals surface area (Å²) in [4.78, 5) is 41.8. The second kappa shape index (κ2) is 9.95. The fraction of sp³-hybridized carbons (Fsp3) is 0.207. The Labute approximate surface area is 213 Å². The number of nitrogens with one attached hydrogen (secondary N) is 1. The van der Waals surface area contributed by atoms with E-state index in [1.807, 2.05) is 91.2 Å². The number of esters is 1. The molecule has 3 atom stereocenters. The molecule has 182 valence electrons. The average molecular weight is 499 g/mol. The number of fused-ring (bicyclic) bond motifs is 1. The van der Waals surface area contributed by atoms with E-state index >= 15 is 0 Å². The molecule has 1 fully saturated rings. The predicted molar refractivity (Wildman–Crippen MR) is 142 cm³/mol. The van der Waals surface area contributed by atoms with E-state index in [9.17, 15) is 14.4 Å². The summed E-state index contributed by atoms with van der Waals surface area (Å²) in [5.41, 5.74) is 2.45. The summed E-state index contributed by atoms with van der Waals surface area (Å²) in [7, 11) is 0. The molecule has 0 saturated carbocycles. The number of hydrogen-bond acceptors (Lipinski definition) is 5. The van der Waals surface area contributed by atoms with Gasteiger partial charge in [0.25, 0.3) is 5.91 Å². The van der Waals surface area contributed by atoms with Gasteiger partial charge < -0.3 is 15.0 Å². The van der Waals surface area contributed by atoms with Gasteiger partial charge in [-0.1, -0.05) is 54.1 Å². The molecule has 1 saturated heterocycles. The Bertz CT molecular complexity index is 1420. The minimum Gasteiger partial charge on any atom is -0.452 e. The molecule has 36 heavy (non-hydrogen) atoms. The Morgan fingerprint density at radius 3 is 2.47 bits per heavy atom. The first kappa shape index (κ1) is 23.8. The van der Waals surface area contributed by atoms with Crippen molar-refractivity contribution in [1.29, 1.82) is 0 Å². The van der Waals surface area contributed by atoms with Crippen molar-refractivity contribution in [3.8, 4) is 0 Å². The molecule has 3 aromatic carbocycles. The second-order valence-corrected chi connectivity index (χ2v) is 9.98. The van der Waals surface area contributed by atoms with Crippen molar-refractivity contribution < 1.29 is 19.1 Å². The topological polar surface area (TPSA) is 75.7 Å². The van der Waals surface area contributed by atoms with Gasteiger partial charge in [-0.2, -0.15) is 0 Å². The SMILES string of the molecule is Cc1ccc(N2C(=O)CC(C(=O)OC(C)C(=O)Nc3ccc4ccccc4c3)C2c2cccs2)cc1. The maximum atomic E-state index is 13.3. The first-order valence-electron chi connectivity index (χ1n) is 11.8. The highest BCUT2D eigenvalue weighted by atomic mass is 32.1. The summed E-state index contributed by atoms with van der Waals surface area (Å²) < 4.78 is 5.61. The van der Waals surface area contributed by atoms with Crippen molar-refractivity contribution in [1.82, 2.24) is 0 Å². The van der Waals surface area contributed by atoms with Crippen molar-refractivity contribution in [3.05, 3.63) is 94.7 Å². The minimum absolute atomic E-state index is 0.0221. The van der Waals surface area contributed by atoms with Gasteiger partial charge in [-0.25, -0.2) is 0 Å². The van der Waals surface area contributed by atoms with Crippen LogP contribution in [-0.2, 0) is 19.1 Å². The van der Waals surface area contributed by atoms with Crippen LogP contribution in [0.2, 0.25) is 0 Å². The van der Waals surface area contributed by atoms with E-state index in [2.05, 4.69) is 5.32 Å². The van der Waals surface area contributed by atoms with Crippen LogP contribution in [0.3, 0.4) is 0 Å². The fourth-order valence-electron chi connectivity index (χ4n) is 4.57. The molecule has 4 aromatic rings. The zero-order valence-electron chi connectivity index (χ0n) is 20.0. The number of benzene rings is 3. The van der Waals surface area contributed by atoms with Crippen LogP contribution in [-0.4, -0.2) is 23.9 Å². The van der Waals surface area contributed by atoms with Crippen LogP contribution >= 0.6 is 11.3 Å². The monoisotopic (exact) mass is 498 g/mol. The minimum atomic E-state index is -1.02. The van der Waals surface area contributed by atoms with Gasteiger partial charge in [-0.15, -0.1) is 11.3 Å². The van der Waals surface area contributed by atoms with E-state index in [-0.39, 0.29) is 12.3 Å². The van der Waals surface area contributed by atoms with E-state index < -0.39 is 29.9 Å². The number of hydrogen-bond donors (Lipinski definition) is 1. The number of aryl methyl sites for hydroxylation is 1. The van der Waals surface area contributed by atoms with Crippen LogP contribution in [0.4, 0.5) is 11.4 Å². The maximum absolute atomic E-state index is 13.3. The van der Waals surface area contributed by atoms with E-state index in [1.54, 1.807) is 11.8 Å². The van der Waals surface area contributed by atoms with E-state index in [1.165, 1.54) is 11.3 Å². The average Bonchev–Trinajstić information content (AvgIpc) is 3.52. The van der Waals surface area contributed by atoms with Crippen LogP contribution in [0.15, 0.2) is 84.2 Å². The van der Waals surface area contributed by atoms with Crippen molar-refractivity contribution in [3.63, 3.8) is 0 Å². The van der Waals surface area contributed by atoms with Crippen molar-refractivity contribution >= 4 is 51.3 Å². The van der Waals surface area contributed by atoms with E-state index in [4.69, 9.17) is 4.74 Å². The van der Waals surface area contributed by atoms with Crippen LogP contribution in [0, 0.1) is 12.8 Å². The summed E-state index contributed by atoms with van der Waals surface area (Å²) in [5, 5.41) is 6.82. The molecule has 3 unspecified atom stereocenters.